The first-order valence-electron chi connectivity index (χ1n) is 9.29. The quantitative estimate of drug-likeness (QED) is 0.618. The van der Waals surface area contributed by atoms with E-state index < -0.39 is 5.82 Å². The van der Waals surface area contributed by atoms with E-state index in [0.717, 1.165) is 17.9 Å². The monoisotopic (exact) mass is 381 g/mol. The van der Waals surface area contributed by atoms with Crippen LogP contribution in [0.3, 0.4) is 0 Å². The first kappa shape index (κ1) is 19.6. The van der Waals surface area contributed by atoms with Crippen molar-refractivity contribution in [3.05, 3.63) is 83.7 Å². The van der Waals surface area contributed by atoms with Crippen LogP contribution in [-0.4, -0.2) is 29.1 Å². The molecule has 0 fully saturated rings. The molecule has 1 heterocycles. The number of hydrogen-bond acceptors (Lipinski definition) is 3. The Labute approximate surface area is 164 Å². The number of halogens is 1. The molecular weight excluding hydrogens is 357 g/mol. The zero-order chi connectivity index (χ0) is 19.8. The molecule has 0 aliphatic carbocycles. The molecule has 0 bridgehead atoms. The summed E-state index contributed by atoms with van der Waals surface area (Å²) in [5.74, 6) is 0.670. The van der Waals surface area contributed by atoms with E-state index >= 15 is 0 Å². The summed E-state index contributed by atoms with van der Waals surface area (Å²) in [5, 5.41) is 2.91. The number of imidazole rings is 1. The number of nitrogens with one attached hydrogen (secondary N) is 1. The van der Waals surface area contributed by atoms with Crippen LogP contribution in [0, 0.1) is 5.82 Å². The van der Waals surface area contributed by atoms with Crippen molar-refractivity contribution in [1.82, 2.24) is 14.9 Å². The first-order valence-corrected chi connectivity index (χ1v) is 9.29. The van der Waals surface area contributed by atoms with Crippen molar-refractivity contribution in [2.24, 2.45) is 0 Å². The molecule has 1 aromatic heterocycles. The van der Waals surface area contributed by atoms with Gasteiger partial charge < -0.3 is 14.6 Å². The zero-order valence-corrected chi connectivity index (χ0v) is 15.9. The summed E-state index contributed by atoms with van der Waals surface area (Å²) in [6.45, 7) is 1.27. The highest BCUT2D eigenvalue weighted by Gasteiger charge is 2.08. The molecule has 3 rings (SSSR count). The highest BCUT2D eigenvalue weighted by atomic mass is 19.1. The molecule has 0 saturated carbocycles. The van der Waals surface area contributed by atoms with Crippen molar-refractivity contribution < 1.29 is 13.9 Å². The Morgan fingerprint density at radius 3 is 2.71 bits per heavy atom. The second-order valence-corrected chi connectivity index (χ2v) is 6.53. The number of rotatable bonds is 9. The molecular formula is C22H24FN3O2. The summed E-state index contributed by atoms with van der Waals surface area (Å²) in [6.07, 6.45) is 5.17. The van der Waals surface area contributed by atoms with E-state index in [1.807, 2.05) is 24.4 Å². The number of ether oxygens (including phenoxy) is 1. The number of benzene rings is 2. The highest BCUT2D eigenvalue weighted by Crippen LogP contribution is 2.18. The fourth-order valence-corrected chi connectivity index (χ4v) is 3.02. The third-order valence-corrected chi connectivity index (χ3v) is 4.53. The van der Waals surface area contributed by atoms with Crippen LogP contribution < -0.4 is 10.1 Å². The second-order valence-electron chi connectivity index (χ2n) is 6.53. The van der Waals surface area contributed by atoms with Gasteiger partial charge in [0.25, 0.3) is 0 Å². The lowest BCUT2D eigenvalue weighted by Gasteiger charge is -2.09. The van der Waals surface area contributed by atoms with Gasteiger partial charge in [0.05, 0.1) is 7.11 Å². The zero-order valence-electron chi connectivity index (χ0n) is 15.9. The number of carbonyl (C=O) groups is 1. The molecule has 0 atom stereocenters. The van der Waals surface area contributed by atoms with E-state index in [9.17, 15) is 9.18 Å². The van der Waals surface area contributed by atoms with E-state index in [1.54, 1.807) is 18.3 Å². The molecule has 0 saturated heterocycles. The van der Waals surface area contributed by atoms with Gasteiger partial charge in [0, 0.05) is 38.3 Å². The minimum atomic E-state index is -0.411. The molecule has 6 heteroatoms. The molecule has 1 amide bonds. The Bertz CT molecular complexity index is 909. The highest BCUT2D eigenvalue weighted by molar-refractivity contribution is 5.76. The standard InChI is InChI=1S/C22H24FN3O2/c1-28-20-9-7-17(15-19(20)23)8-10-22(27)25-12-11-21-24-13-14-26(21)16-18-5-3-2-4-6-18/h2-7,9,13-15H,8,10-12,16H2,1H3,(H,25,27). The third-order valence-electron chi connectivity index (χ3n) is 4.53. The van der Waals surface area contributed by atoms with E-state index in [0.29, 0.717) is 25.8 Å². The van der Waals surface area contributed by atoms with Gasteiger partial charge in [-0.3, -0.25) is 4.79 Å². The average Bonchev–Trinajstić information content (AvgIpc) is 3.14. The molecule has 28 heavy (non-hydrogen) atoms. The molecule has 146 valence electrons. The average molecular weight is 381 g/mol. The van der Waals surface area contributed by atoms with Crippen LogP contribution >= 0.6 is 0 Å². The van der Waals surface area contributed by atoms with Gasteiger partial charge in [-0.05, 0) is 29.7 Å². The maximum absolute atomic E-state index is 13.7. The normalized spacial score (nSPS) is 10.6. The number of aryl methyl sites for hydroxylation is 1. The second kappa shape index (κ2) is 9.69. The maximum atomic E-state index is 13.7. The van der Waals surface area contributed by atoms with Gasteiger partial charge in [-0.15, -0.1) is 0 Å². The van der Waals surface area contributed by atoms with Gasteiger partial charge in [-0.2, -0.15) is 0 Å². The molecule has 2 aromatic carbocycles. The van der Waals surface area contributed by atoms with Crippen molar-refractivity contribution in [2.75, 3.05) is 13.7 Å². The lowest BCUT2D eigenvalue weighted by molar-refractivity contribution is -0.121. The Kier molecular flexibility index (Phi) is 6.78. The van der Waals surface area contributed by atoms with Crippen LogP contribution in [0.15, 0.2) is 60.9 Å². The van der Waals surface area contributed by atoms with Crippen LogP contribution in [0.25, 0.3) is 0 Å². The summed E-state index contributed by atoms with van der Waals surface area (Å²) < 4.78 is 20.7. The Morgan fingerprint density at radius 1 is 1.14 bits per heavy atom. The largest absolute Gasteiger partial charge is 0.494 e. The lowest BCUT2D eigenvalue weighted by atomic mass is 10.1. The van der Waals surface area contributed by atoms with E-state index in [-0.39, 0.29) is 11.7 Å². The van der Waals surface area contributed by atoms with Gasteiger partial charge in [0.1, 0.15) is 5.82 Å². The molecule has 0 spiro atoms. The predicted octanol–water partition coefficient (Wildman–Crippen LogP) is 3.37. The van der Waals surface area contributed by atoms with Crippen LogP contribution in [-0.2, 0) is 24.2 Å². The van der Waals surface area contributed by atoms with Gasteiger partial charge in [-0.1, -0.05) is 36.4 Å². The molecule has 3 aromatic rings. The van der Waals surface area contributed by atoms with Crippen molar-refractivity contribution in [3.63, 3.8) is 0 Å². The van der Waals surface area contributed by atoms with Crippen molar-refractivity contribution >= 4 is 5.91 Å². The van der Waals surface area contributed by atoms with Gasteiger partial charge >= 0.3 is 0 Å². The SMILES string of the molecule is COc1ccc(CCC(=O)NCCc2nccn2Cc2ccccc2)cc1F. The van der Waals surface area contributed by atoms with E-state index in [1.165, 1.54) is 18.7 Å². The van der Waals surface area contributed by atoms with Crippen LogP contribution in [0.5, 0.6) is 5.75 Å². The number of aromatic nitrogens is 2. The molecule has 0 unspecified atom stereocenters. The minimum Gasteiger partial charge on any atom is -0.494 e. The number of carbonyl (C=O) groups excluding carboxylic acids is 1. The van der Waals surface area contributed by atoms with Crippen LogP contribution in [0.1, 0.15) is 23.4 Å². The summed E-state index contributed by atoms with van der Waals surface area (Å²) >= 11 is 0. The Balaban J connectivity index is 1.43. The predicted molar refractivity (Wildman–Crippen MR) is 106 cm³/mol. The first-order chi connectivity index (χ1) is 13.7. The van der Waals surface area contributed by atoms with Crippen molar-refractivity contribution in [3.8, 4) is 5.75 Å². The molecule has 1 N–H and O–H groups in total. The number of methoxy groups -OCH3 is 1. The number of nitrogens with zero attached hydrogens (tertiary/aromatic N) is 2. The molecule has 0 aliphatic heterocycles. The smallest absolute Gasteiger partial charge is 0.220 e. The van der Waals surface area contributed by atoms with Crippen LogP contribution in [0.4, 0.5) is 4.39 Å². The third kappa shape index (κ3) is 5.42. The van der Waals surface area contributed by atoms with Crippen molar-refractivity contribution in [2.45, 2.75) is 25.8 Å². The fourth-order valence-electron chi connectivity index (χ4n) is 3.02. The Hall–Kier alpha value is -3.15. The van der Waals surface area contributed by atoms with Crippen LogP contribution in [0.2, 0.25) is 0 Å². The number of hydrogen-bond donors (Lipinski definition) is 1. The fraction of sp³-hybridized carbons (Fsp3) is 0.273. The molecule has 0 aliphatic rings. The lowest BCUT2D eigenvalue weighted by Crippen LogP contribution is -2.26. The summed E-state index contributed by atoms with van der Waals surface area (Å²) in [4.78, 5) is 16.5. The summed E-state index contributed by atoms with van der Waals surface area (Å²) in [7, 11) is 1.43. The van der Waals surface area contributed by atoms with Gasteiger partial charge in [-0.25, -0.2) is 9.37 Å². The van der Waals surface area contributed by atoms with Gasteiger partial charge in [0.2, 0.25) is 5.91 Å². The van der Waals surface area contributed by atoms with E-state index in [2.05, 4.69) is 27.0 Å². The number of amides is 1. The van der Waals surface area contributed by atoms with Crippen molar-refractivity contribution in [1.29, 1.82) is 0 Å². The maximum Gasteiger partial charge on any atom is 0.220 e. The summed E-state index contributed by atoms with van der Waals surface area (Å²) in [5.41, 5.74) is 1.98. The molecule has 0 radical (unpaired) electrons. The molecule has 5 nitrogen and oxygen atoms in total. The minimum absolute atomic E-state index is 0.0580. The Morgan fingerprint density at radius 2 is 1.96 bits per heavy atom. The van der Waals surface area contributed by atoms with E-state index in [4.69, 9.17) is 4.74 Å². The summed E-state index contributed by atoms with van der Waals surface area (Å²) in [6, 6.07) is 14.9. The topological polar surface area (TPSA) is 56.1 Å². The van der Waals surface area contributed by atoms with Gasteiger partial charge in [0.15, 0.2) is 11.6 Å².